The van der Waals surface area contributed by atoms with E-state index in [1.54, 1.807) is 12.1 Å². The Morgan fingerprint density at radius 1 is 1.07 bits per heavy atom. The van der Waals surface area contributed by atoms with Crippen molar-refractivity contribution >= 4 is 15.9 Å². The highest BCUT2D eigenvalue weighted by atomic mass is 32.2. The molecule has 0 spiro atoms. The van der Waals surface area contributed by atoms with E-state index < -0.39 is 16.1 Å². The van der Waals surface area contributed by atoms with Crippen molar-refractivity contribution in [1.82, 2.24) is 9.62 Å². The monoisotopic (exact) mass is 424 g/mol. The van der Waals surface area contributed by atoms with Gasteiger partial charge < -0.3 is 14.8 Å². The van der Waals surface area contributed by atoms with E-state index >= 15 is 0 Å². The number of nitrogens with zero attached hydrogens (tertiary/aromatic N) is 1. The Morgan fingerprint density at radius 2 is 1.66 bits per heavy atom. The molecular weight excluding hydrogens is 399 g/mol. The molecule has 0 aromatic heterocycles. The summed E-state index contributed by atoms with van der Waals surface area (Å²) < 4.78 is 49.2. The van der Waals surface area contributed by atoms with Crippen LogP contribution in [0.3, 0.4) is 0 Å². The summed E-state index contributed by atoms with van der Waals surface area (Å²) in [7, 11) is -0.557. The molecule has 2 aromatic rings. The number of hydrogen-bond acceptors (Lipinski definition) is 5. The van der Waals surface area contributed by atoms with Gasteiger partial charge in [0.25, 0.3) is 5.91 Å². The summed E-state index contributed by atoms with van der Waals surface area (Å²) in [6, 6.07) is 11.5. The molecule has 0 heterocycles. The topological polar surface area (TPSA) is 84.9 Å². The summed E-state index contributed by atoms with van der Waals surface area (Å²) in [5, 5.41) is 2.72. The molecule has 0 fully saturated rings. The fraction of sp³-hybridized carbons (Fsp3) is 0.350. The number of hydrogen-bond donors (Lipinski definition) is 1. The van der Waals surface area contributed by atoms with Gasteiger partial charge in [-0.2, -0.15) is 0 Å². The maximum Gasteiger partial charge on any atom is 0.261 e. The predicted octanol–water partition coefficient (Wildman–Crippen LogP) is 2.43. The Balaban J connectivity index is 1.80. The van der Waals surface area contributed by atoms with Gasteiger partial charge >= 0.3 is 0 Å². The van der Waals surface area contributed by atoms with Crippen molar-refractivity contribution in [1.29, 1.82) is 0 Å². The molecule has 0 radical (unpaired) electrons. The SMILES string of the molecule is CC[C@@H](Oc1ccc(F)cc1)C(=O)NCCOc1ccc(S(=O)(=O)N(C)C)cc1. The van der Waals surface area contributed by atoms with Gasteiger partial charge in [-0.25, -0.2) is 17.1 Å². The highest BCUT2D eigenvalue weighted by Crippen LogP contribution is 2.18. The fourth-order valence-electron chi connectivity index (χ4n) is 2.38. The summed E-state index contributed by atoms with van der Waals surface area (Å²) in [5.41, 5.74) is 0. The van der Waals surface area contributed by atoms with Crippen molar-refractivity contribution in [3.8, 4) is 11.5 Å². The van der Waals surface area contributed by atoms with Crippen molar-refractivity contribution in [3.63, 3.8) is 0 Å². The van der Waals surface area contributed by atoms with Gasteiger partial charge in [-0.3, -0.25) is 4.79 Å². The molecule has 2 aromatic carbocycles. The quantitative estimate of drug-likeness (QED) is 0.592. The predicted molar refractivity (Wildman–Crippen MR) is 107 cm³/mol. The molecule has 29 heavy (non-hydrogen) atoms. The lowest BCUT2D eigenvalue weighted by atomic mass is 10.2. The van der Waals surface area contributed by atoms with Crippen molar-refractivity contribution in [2.45, 2.75) is 24.3 Å². The number of carbonyl (C=O) groups excluding carboxylic acids is 1. The van der Waals surface area contributed by atoms with Crippen LogP contribution in [0.5, 0.6) is 11.5 Å². The summed E-state index contributed by atoms with van der Waals surface area (Å²) in [5.74, 6) is 0.233. The van der Waals surface area contributed by atoms with E-state index in [0.29, 0.717) is 17.9 Å². The Morgan fingerprint density at radius 3 is 2.21 bits per heavy atom. The molecule has 0 saturated heterocycles. The molecule has 2 rings (SSSR count). The molecule has 0 bridgehead atoms. The number of halogens is 1. The van der Waals surface area contributed by atoms with E-state index in [1.165, 1.54) is 50.5 Å². The minimum Gasteiger partial charge on any atom is -0.492 e. The molecule has 9 heteroatoms. The smallest absolute Gasteiger partial charge is 0.261 e. The van der Waals surface area contributed by atoms with E-state index in [0.717, 1.165) is 4.31 Å². The maximum absolute atomic E-state index is 12.9. The van der Waals surface area contributed by atoms with Crippen molar-refractivity contribution in [2.75, 3.05) is 27.2 Å². The number of benzene rings is 2. The van der Waals surface area contributed by atoms with Crippen LogP contribution in [0, 0.1) is 5.82 Å². The lowest BCUT2D eigenvalue weighted by molar-refractivity contribution is -0.128. The third-order valence-electron chi connectivity index (χ3n) is 4.03. The maximum atomic E-state index is 12.9. The summed E-state index contributed by atoms with van der Waals surface area (Å²) in [4.78, 5) is 12.4. The number of ether oxygens (including phenoxy) is 2. The lowest BCUT2D eigenvalue weighted by Crippen LogP contribution is -2.39. The first kappa shape index (κ1) is 22.6. The third-order valence-corrected chi connectivity index (χ3v) is 5.86. The highest BCUT2D eigenvalue weighted by Gasteiger charge is 2.18. The minimum absolute atomic E-state index is 0.173. The van der Waals surface area contributed by atoms with Crippen LogP contribution >= 0.6 is 0 Å². The average molecular weight is 424 g/mol. The second-order valence-corrected chi connectivity index (χ2v) is 8.52. The lowest BCUT2D eigenvalue weighted by Gasteiger charge is -2.17. The van der Waals surface area contributed by atoms with Crippen molar-refractivity contribution in [3.05, 3.63) is 54.3 Å². The van der Waals surface area contributed by atoms with Gasteiger partial charge in [0.15, 0.2) is 6.10 Å². The zero-order valence-corrected chi connectivity index (χ0v) is 17.4. The average Bonchev–Trinajstić information content (AvgIpc) is 2.70. The highest BCUT2D eigenvalue weighted by molar-refractivity contribution is 7.89. The molecule has 1 amide bonds. The summed E-state index contributed by atoms with van der Waals surface area (Å²) >= 11 is 0. The molecule has 1 atom stereocenters. The molecule has 0 aliphatic carbocycles. The Kier molecular flexibility index (Phi) is 7.98. The number of nitrogens with one attached hydrogen (secondary N) is 1. The zero-order chi connectivity index (χ0) is 21.4. The van der Waals surface area contributed by atoms with E-state index in [9.17, 15) is 17.6 Å². The molecule has 1 N–H and O–H groups in total. The first-order chi connectivity index (χ1) is 13.7. The second kappa shape index (κ2) is 10.2. The van der Waals surface area contributed by atoms with Gasteiger partial charge in [-0.15, -0.1) is 0 Å². The molecule has 0 aliphatic rings. The van der Waals surface area contributed by atoms with Gasteiger partial charge in [0, 0.05) is 14.1 Å². The van der Waals surface area contributed by atoms with Crippen LogP contribution in [0.1, 0.15) is 13.3 Å². The van der Waals surface area contributed by atoms with Crippen LogP contribution in [0.2, 0.25) is 0 Å². The van der Waals surface area contributed by atoms with Crippen LogP contribution < -0.4 is 14.8 Å². The molecular formula is C20H25FN2O5S. The first-order valence-corrected chi connectivity index (χ1v) is 10.5. The number of sulfonamides is 1. The van der Waals surface area contributed by atoms with E-state index in [1.807, 2.05) is 6.92 Å². The van der Waals surface area contributed by atoms with Gasteiger partial charge in [0.05, 0.1) is 11.4 Å². The van der Waals surface area contributed by atoms with Crippen LogP contribution in [0.25, 0.3) is 0 Å². The van der Waals surface area contributed by atoms with Crippen LogP contribution in [-0.4, -0.2) is 52.0 Å². The summed E-state index contributed by atoms with van der Waals surface area (Å²) in [6.45, 7) is 2.27. The molecule has 158 valence electrons. The Labute approximate surface area is 170 Å². The zero-order valence-electron chi connectivity index (χ0n) is 16.6. The van der Waals surface area contributed by atoms with Gasteiger partial charge in [0.2, 0.25) is 10.0 Å². The van der Waals surface area contributed by atoms with Gasteiger partial charge in [-0.1, -0.05) is 6.92 Å². The van der Waals surface area contributed by atoms with Gasteiger partial charge in [-0.05, 0) is 55.0 Å². The van der Waals surface area contributed by atoms with Crippen molar-refractivity contribution in [2.24, 2.45) is 0 Å². The van der Waals surface area contributed by atoms with E-state index in [2.05, 4.69) is 5.32 Å². The van der Waals surface area contributed by atoms with E-state index in [-0.39, 0.29) is 29.8 Å². The van der Waals surface area contributed by atoms with Crippen LogP contribution in [0.4, 0.5) is 4.39 Å². The normalized spacial score (nSPS) is 12.4. The molecule has 0 aliphatic heterocycles. The summed E-state index contributed by atoms with van der Waals surface area (Å²) in [6.07, 6.45) is -0.248. The van der Waals surface area contributed by atoms with E-state index in [4.69, 9.17) is 9.47 Å². The van der Waals surface area contributed by atoms with Crippen LogP contribution in [0.15, 0.2) is 53.4 Å². The standard InChI is InChI=1S/C20H25FN2O5S/c1-4-19(28-17-7-5-15(21)6-8-17)20(24)22-13-14-27-16-9-11-18(12-10-16)29(25,26)23(2)3/h5-12,19H,4,13-14H2,1-3H3,(H,22,24)/t19-/m1/s1. The number of amides is 1. The van der Waals surface area contributed by atoms with Gasteiger partial charge in [0.1, 0.15) is 23.9 Å². The number of rotatable bonds is 10. The Hall–Kier alpha value is -2.65. The molecule has 0 unspecified atom stereocenters. The van der Waals surface area contributed by atoms with Crippen molar-refractivity contribution < 1.29 is 27.1 Å². The van der Waals surface area contributed by atoms with Crippen LogP contribution in [-0.2, 0) is 14.8 Å². The largest absolute Gasteiger partial charge is 0.492 e. The molecule has 0 saturated carbocycles. The fourth-order valence-corrected chi connectivity index (χ4v) is 3.28. The number of carbonyl (C=O) groups is 1. The third kappa shape index (κ3) is 6.43. The molecule has 7 nitrogen and oxygen atoms in total. The Bertz CT molecular complexity index is 899. The first-order valence-electron chi connectivity index (χ1n) is 9.09. The minimum atomic E-state index is -3.48. The second-order valence-electron chi connectivity index (χ2n) is 6.37.